The Morgan fingerprint density at radius 3 is 1.37 bits per heavy atom. The molecule has 0 spiro atoms. The fourth-order valence-electron chi connectivity index (χ4n) is 10.5. The molecule has 0 atom stereocenters. The number of carbonyl (C=O) groups excluding carboxylic acids is 6. The molecule has 2 aliphatic heterocycles. The van der Waals surface area contributed by atoms with Crippen molar-refractivity contribution in [2.45, 2.75) is 112 Å². The summed E-state index contributed by atoms with van der Waals surface area (Å²) in [5.74, 6) is -0.821. The Bertz CT molecular complexity index is 3240. The van der Waals surface area contributed by atoms with E-state index in [2.05, 4.69) is 10.6 Å². The lowest BCUT2D eigenvalue weighted by molar-refractivity contribution is -0.158. The van der Waals surface area contributed by atoms with Crippen molar-refractivity contribution in [2.75, 3.05) is 185 Å². The summed E-state index contributed by atoms with van der Waals surface area (Å²) < 4.78 is 64.8. The number of hydrogen-bond acceptors (Lipinski definition) is 22. The molecule has 0 aliphatic carbocycles. The maximum atomic E-state index is 14.1. The van der Waals surface area contributed by atoms with Gasteiger partial charge in [-0.05, 0) is 125 Å². The second kappa shape index (κ2) is 39.8. The van der Waals surface area contributed by atoms with Crippen LogP contribution in [-0.2, 0) is 68.4 Å². The molecule has 1 fully saturated rings. The quantitative estimate of drug-likeness (QED) is 0.0261. The summed E-state index contributed by atoms with van der Waals surface area (Å²) in [6.07, 6.45) is 0. The number of halogens is 2. The van der Waals surface area contributed by atoms with E-state index in [0.29, 0.717) is 186 Å². The van der Waals surface area contributed by atoms with Crippen LogP contribution in [0.1, 0.15) is 109 Å². The van der Waals surface area contributed by atoms with Gasteiger partial charge in [-0.1, -0.05) is 35.3 Å². The molecule has 556 valence electrons. The van der Waals surface area contributed by atoms with Gasteiger partial charge in [0.2, 0.25) is 5.91 Å². The zero-order valence-electron chi connectivity index (χ0n) is 61.1. The van der Waals surface area contributed by atoms with E-state index in [1.54, 1.807) is 66.2 Å². The summed E-state index contributed by atoms with van der Waals surface area (Å²) >= 11 is 13.0. The predicted molar refractivity (Wildman–Crippen MR) is 381 cm³/mol. The molecule has 0 radical (unpaired) electrons. The molecule has 3 aromatic carbocycles. The summed E-state index contributed by atoms with van der Waals surface area (Å²) in [5, 5.41) is 11.5. The van der Waals surface area contributed by atoms with Gasteiger partial charge < -0.3 is 67.6 Å². The van der Waals surface area contributed by atoms with Crippen LogP contribution in [0.25, 0.3) is 28.1 Å². The number of fused-ring (bicyclic) bond motifs is 3. The van der Waals surface area contributed by atoms with Crippen molar-refractivity contribution in [3.63, 3.8) is 0 Å². The lowest BCUT2D eigenvalue weighted by atomic mass is 9.95. The molecule has 3 heterocycles. The summed E-state index contributed by atoms with van der Waals surface area (Å²) in [6, 6.07) is 16.0. The molecule has 2 N–H and O–H groups in total. The number of ether oxygens (including phenoxy) is 11. The molecule has 0 bridgehead atoms. The molecular formula is C72H107Cl2N9O17. The number of benzene rings is 3. The van der Waals surface area contributed by atoms with Crippen LogP contribution in [0.15, 0.2) is 54.6 Å². The second-order valence-corrected chi connectivity index (χ2v) is 29.2. The first-order valence-corrected chi connectivity index (χ1v) is 34.9. The number of carbonyl (C=O) groups is 6. The van der Waals surface area contributed by atoms with Gasteiger partial charge in [0.15, 0.2) is 5.69 Å². The molecular weight excluding hydrogens is 1330 g/mol. The van der Waals surface area contributed by atoms with Gasteiger partial charge in [-0.3, -0.25) is 48.4 Å². The van der Waals surface area contributed by atoms with E-state index in [1.165, 1.54) is 0 Å². The first kappa shape index (κ1) is 82.4. The number of aromatic nitrogens is 2. The second-order valence-electron chi connectivity index (χ2n) is 28.3. The summed E-state index contributed by atoms with van der Waals surface area (Å²) in [4.78, 5) is 89.6. The third-order valence-corrected chi connectivity index (χ3v) is 16.0. The number of nitrogens with one attached hydrogen (secondary N) is 2. The molecule has 0 saturated carbocycles. The zero-order valence-corrected chi connectivity index (χ0v) is 62.6. The van der Waals surface area contributed by atoms with E-state index in [-0.39, 0.29) is 93.9 Å². The van der Waals surface area contributed by atoms with E-state index in [0.717, 1.165) is 0 Å². The lowest BCUT2D eigenvalue weighted by Gasteiger charge is -2.34. The number of amides is 3. The predicted octanol–water partition coefficient (Wildman–Crippen LogP) is 7.48. The molecule has 2 aliphatic rings. The van der Waals surface area contributed by atoms with Crippen molar-refractivity contribution >= 4 is 58.8 Å². The highest BCUT2D eigenvalue weighted by Gasteiger charge is 2.36. The molecule has 1 aromatic heterocycles. The van der Waals surface area contributed by atoms with Crippen LogP contribution < -0.4 is 20.1 Å². The molecule has 0 unspecified atom stereocenters. The van der Waals surface area contributed by atoms with Gasteiger partial charge in [-0.15, -0.1) is 0 Å². The Balaban J connectivity index is 0.829. The average molecular weight is 1440 g/mol. The maximum absolute atomic E-state index is 14.1. The summed E-state index contributed by atoms with van der Waals surface area (Å²) in [5.41, 5.74) is 2.03. The lowest BCUT2D eigenvalue weighted by Crippen LogP contribution is -2.50. The first-order valence-electron chi connectivity index (χ1n) is 34.1. The minimum Gasteiger partial charge on any atom is -0.496 e. The van der Waals surface area contributed by atoms with Crippen molar-refractivity contribution in [2.24, 2.45) is 0 Å². The van der Waals surface area contributed by atoms with Gasteiger partial charge in [-0.2, -0.15) is 5.10 Å². The van der Waals surface area contributed by atoms with Gasteiger partial charge in [0.1, 0.15) is 34.9 Å². The van der Waals surface area contributed by atoms with Gasteiger partial charge in [0.05, 0.1) is 124 Å². The third kappa shape index (κ3) is 29.1. The molecule has 3 amide bonds. The van der Waals surface area contributed by atoms with Crippen molar-refractivity contribution < 1.29 is 80.9 Å². The van der Waals surface area contributed by atoms with Crippen LogP contribution in [0.4, 0.5) is 0 Å². The molecule has 6 rings (SSSR count). The summed E-state index contributed by atoms with van der Waals surface area (Å²) in [6.45, 7) is 30.7. The fraction of sp³-hybridized carbons (Fsp3) is 0.625. The van der Waals surface area contributed by atoms with Crippen LogP contribution in [0.2, 0.25) is 10.0 Å². The van der Waals surface area contributed by atoms with Crippen molar-refractivity contribution in [3.05, 3.63) is 81.5 Å². The van der Waals surface area contributed by atoms with Crippen LogP contribution in [0, 0.1) is 0 Å². The molecule has 26 nitrogen and oxygen atoms in total. The van der Waals surface area contributed by atoms with E-state index in [4.69, 9.17) is 80.4 Å². The van der Waals surface area contributed by atoms with E-state index < -0.39 is 22.3 Å². The normalized spacial score (nSPS) is 14.8. The van der Waals surface area contributed by atoms with Gasteiger partial charge >= 0.3 is 17.9 Å². The van der Waals surface area contributed by atoms with Gasteiger partial charge in [0, 0.05) is 116 Å². The van der Waals surface area contributed by atoms with E-state index in [1.807, 2.05) is 115 Å². The minimum atomic E-state index is -0.669. The first-order chi connectivity index (χ1) is 47.2. The topological polar surface area (TPSA) is 262 Å². The van der Waals surface area contributed by atoms with Gasteiger partial charge in [0.25, 0.3) is 11.8 Å². The Morgan fingerprint density at radius 1 is 0.530 bits per heavy atom. The standard InChI is InChI=1S/C72H107Cl2N9O17/c1-69(2,3)78(13)68(89)65-58-50-97-60-45-59(90-14)56(44-57(60)66(58)83(77-65)55-42-53(73)41-54(74)43-55)51-16-15-17-52(40-51)67(88)76-19-29-92-31-33-94-35-37-96-39-38-95-36-34-93-32-30-91-28-18-75-61(84)46-79-20-22-80(47-62(85)98-70(4,5)6)24-26-82(49-64(87)100-72(10,11)12)27-25-81(23-21-79)48-63(86)99-71(7,8)9/h15-17,40-45H,18-39,46-50H2,1-14H3,(H,75,84)(H,76,88). The number of esters is 3. The number of hydrogen-bond donors (Lipinski definition) is 2. The number of methoxy groups -OCH3 is 1. The summed E-state index contributed by atoms with van der Waals surface area (Å²) in [7, 11) is 3.31. The van der Waals surface area contributed by atoms with Crippen LogP contribution in [0.5, 0.6) is 11.5 Å². The van der Waals surface area contributed by atoms with Crippen LogP contribution in [-0.4, -0.2) is 277 Å². The van der Waals surface area contributed by atoms with Crippen molar-refractivity contribution in [1.82, 2.24) is 44.9 Å². The monoisotopic (exact) mass is 1440 g/mol. The molecule has 4 aromatic rings. The van der Waals surface area contributed by atoms with Gasteiger partial charge in [-0.25, -0.2) is 4.68 Å². The Hall–Kier alpha value is -6.53. The average Bonchev–Trinajstić information content (AvgIpc) is 1.54. The largest absolute Gasteiger partial charge is 0.496 e. The molecule has 100 heavy (non-hydrogen) atoms. The number of rotatable bonds is 34. The fourth-order valence-corrected chi connectivity index (χ4v) is 11.0. The van der Waals surface area contributed by atoms with Crippen LogP contribution in [0.3, 0.4) is 0 Å². The molecule has 28 heteroatoms. The zero-order chi connectivity index (χ0) is 73.2. The Morgan fingerprint density at radius 2 is 0.950 bits per heavy atom. The van der Waals surface area contributed by atoms with Crippen LogP contribution >= 0.6 is 23.2 Å². The highest BCUT2D eigenvalue weighted by Crippen LogP contribution is 2.47. The van der Waals surface area contributed by atoms with Crippen molar-refractivity contribution in [3.8, 4) is 39.6 Å². The third-order valence-electron chi connectivity index (χ3n) is 15.5. The molecule has 1 saturated heterocycles. The highest BCUT2D eigenvalue weighted by molar-refractivity contribution is 6.34. The highest BCUT2D eigenvalue weighted by atomic mass is 35.5. The van der Waals surface area contributed by atoms with Crippen molar-refractivity contribution in [1.29, 1.82) is 0 Å². The minimum absolute atomic E-state index is 0.0298. The van der Waals surface area contributed by atoms with E-state index >= 15 is 0 Å². The Labute approximate surface area is 600 Å². The number of nitrogens with zero attached hydrogens (tertiary/aromatic N) is 7. The maximum Gasteiger partial charge on any atom is 0.320 e. The SMILES string of the molecule is COc1cc2c(cc1-c1cccc(C(=O)NCCOCCOCCOCCOCCOCCOCCNC(=O)CN3CCN(CC(=O)OC(C)(C)C)CCN(CC(=O)OC(C)(C)C)CCN(CC(=O)OC(C)(C)C)CC3)c1)-c1c(c(C(=O)N(C)C(C)(C)C)nn1-c1cc(Cl)cc(Cl)c1)CO2. The van der Waals surface area contributed by atoms with E-state index in [9.17, 15) is 28.8 Å². The smallest absolute Gasteiger partial charge is 0.320 e. The Kier molecular flexibility index (Phi) is 32.8.